The van der Waals surface area contributed by atoms with Crippen LogP contribution < -0.4 is 9.47 Å². The zero-order valence-corrected chi connectivity index (χ0v) is 19.0. The summed E-state index contributed by atoms with van der Waals surface area (Å²) >= 11 is 0. The van der Waals surface area contributed by atoms with Gasteiger partial charge in [-0.15, -0.1) is 0 Å². The third kappa shape index (κ3) is 6.26. The maximum atomic E-state index is 9.10. The highest BCUT2D eigenvalue weighted by Crippen LogP contribution is 2.33. The lowest BCUT2D eigenvalue weighted by molar-refractivity contribution is -0.159. The summed E-state index contributed by atoms with van der Waals surface area (Å²) in [6.45, 7) is 4.35. The molecule has 0 spiro atoms. The van der Waals surface area contributed by atoms with Gasteiger partial charge in [0, 0.05) is 31.3 Å². The van der Waals surface area contributed by atoms with Gasteiger partial charge in [0.05, 0.1) is 14.2 Å². The SMILES string of the molecule is COc1cc2c(cc1OC)CN(CCCCn1ccc3ccccc31)CC2.O=C(O)C(=O)O. The molecule has 0 saturated heterocycles. The van der Waals surface area contributed by atoms with Crippen molar-refractivity contribution in [3.8, 4) is 11.5 Å². The second-order valence-electron chi connectivity index (χ2n) is 7.89. The summed E-state index contributed by atoms with van der Waals surface area (Å²) in [6.07, 6.45) is 5.71. The van der Waals surface area contributed by atoms with Crippen LogP contribution in [0.4, 0.5) is 0 Å². The van der Waals surface area contributed by atoms with E-state index in [4.69, 9.17) is 29.3 Å². The Kier molecular flexibility index (Phi) is 8.32. The topological polar surface area (TPSA) is 101 Å². The van der Waals surface area contributed by atoms with E-state index in [1.807, 2.05) is 0 Å². The van der Waals surface area contributed by atoms with E-state index in [-0.39, 0.29) is 0 Å². The molecular formula is C25H30N2O6. The first-order chi connectivity index (χ1) is 15.9. The highest BCUT2D eigenvalue weighted by molar-refractivity contribution is 6.27. The first-order valence-electron chi connectivity index (χ1n) is 10.9. The number of rotatable bonds is 7. The van der Waals surface area contributed by atoms with E-state index in [0.29, 0.717) is 0 Å². The van der Waals surface area contributed by atoms with Crippen LogP contribution in [0.15, 0.2) is 48.7 Å². The Hall–Kier alpha value is -3.52. The van der Waals surface area contributed by atoms with Crippen molar-refractivity contribution in [1.82, 2.24) is 9.47 Å². The Morgan fingerprint density at radius 1 is 0.909 bits per heavy atom. The molecule has 33 heavy (non-hydrogen) atoms. The number of unbranched alkanes of at least 4 members (excludes halogenated alkanes) is 1. The largest absolute Gasteiger partial charge is 0.493 e. The van der Waals surface area contributed by atoms with Crippen molar-refractivity contribution < 1.29 is 29.3 Å². The lowest BCUT2D eigenvalue weighted by atomic mass is 9.98. The molecule has 0 fully saturated rings. The summed E-state index contributed by atoms with van der Waals surface area (Å²) in [7, 11) is 3.41. The van der Waals surface area contributed by atoms with Crippen molar-refractivity contribution in [3.05, 3.63) is 59.8 Å². The first kappa shape index (κ1) is 24.1. The van der Waals surface area contributed by atoms with Gasteiger partial charge in [-0.1, -0.05) is 18.2 Å². The van der Waals surface area contributed by atoms with E-state index >= 15 is 0 Å². The number of carbonyl (C=O) groups is 2. The standard InChI is InChI=1S/C23H28N2O2.C2H2O4/c1-26-22-15-19-9-13-24(17-20(19)16-23(22)27-2)11-5-6-12-25-14-10-18-7-3-4-8-21(18)25;3-1(4)2(5)6/h3-4,7-8,10,14-16H,5-6,9,11-13,17H2,1-2H3;(H,3,4)(H,5,6). The van der Waals surface area contributed by atoms with Crippen LogP contribution in [0.5, 0.6) is 11.5 Å². The molecular weight excluding hydrogens is 424 g/mol. The Labute approximate surface area is 193 Å². The Morgan fingerprint density at radius 2 is 1.55 bits per heavy atom. The number of aryl methyl sites for hydroxylation is 1. The highest BCUT2D eigenvalue weighted by Gasteiger charge is 2.19. The summed E-state index contributed by atoms with van der Waals surface area (Å²) in [5, 5.41) is 16.1. The molecule has 0 aliphatic carbocycles. The maximum Gasteiger partial charge on any atom is 0.414 e. The molecule has 0 bridgehead atoms. The number of para-hydroxylation sites is 1. The molecule has 8 nitrogen and oxygen atoms in total. The molecule has 3 aromatic rings. The van der Waals surface area contributed by atoms with E-state index in [9.17, 15) is 0 Å². The van der Waals surface area contributed by atoms with Crippen molar-refractivity contribution in [2.75, 3.05) is 27.3 Å². The maximum absolute atomic E-state index is 9.10. The fourth-order valence-electron chi connectivity index (χ4n) is 4.09. The van der Waals surface area contributed by atoms with E-state index in [1.54, 1.807) is 14.2 Å². The Balaban J connectivity index is 0.000000454. The van der Waals surface area contributed by atoms with Crippen LogP contribution in [0.1, 0.15) is 24.0 Å². The molecule has 0 atom stereocenters. The number of nitrogens with zero attached hydrogens (tertiary/aromatic N) is 2. The molecule has 1 aromatic heterocycles. The smallest absolute Gasteiger partial charge is 0.414 e. The van der Waals surface area contributed by atoms with Crippen LogP contribution in [-0.2, 0) is 29.1 Å². The minimum Gasteiger partial charge on any atom is -0.493 e. The molecule has 0 unspecified atom stereocenters. The minimum absolute atomic E-state index is 0.831. The lowest BCUT2D eigenvalue weighted by Crippen LogP contribution is -2.31. The average molecular weight is 455 g/mol. The van der Waals surface area contributed by atoms with Crippen molar-refractivity contribution in [2.24, 2.45) is 0 Å². The number of aromatic nitrogens is 1. The van der Waals surface area contributed by atoms with Gasteiger partial charge in [-0.2, -0.15) is 0 Å². The molecule has 1 aliphatic heterocycles. The average Bonchev–Trinajstić information content (AvgIpc) is 3.24. The fourth-order valence-corrected chi connectivity index (χ4v) is 4.09. The number of carboxylic acids is 2. The number of methoxy groups -OCH3 is 2. The quantitative estimate of drug-likeness (QED) is 0.415. The number of hydrogen-bond acceptors (Lipinski definition) is 5. The van der Waals surface area contributed by atoms with E-state index in [0.717, 1.165) is 44.1 Å². The van der Waals surface area contributed by atoms with Gasteiger partial charge in [0.1, 0.15) is 0 Å². The first-order valence-corrected chi connectivity index (χ1v) is 10.9. The second-order valence-corrected chi connectivity index (χ2v) is 7.89. The van der Waals surface area contributed by atoms with Gasteiger partial charge in [0.2, 0.25) is 0 Å². The molecule has 0 saturated carbocycles. The molecule has 2 heterocycles. The number of carboxylic acid groups (broad SMARTS) is 2. The van der Waals surface area contributed by atoms with E-state index in [1.165, 1.54) is 34.9 Å². The highest BCUT2D eigenvalue weighted by atomic mass is 16.5. The Bertz CT molecular complexity index is 1100. The van der Waals surface area contributed by atoms with Crippen LogP contribution in [-0.4, -0.2) is 58.9 Å². The summed E-state index contributed by atoms with van der Waals surface area (Å²) in [6, 6.07) is 15.1. The lowest BCUT2D eigenvalue weighted by Gasteiger charge is -2.29. The normalized spacial score (nSPS) is 13.0. The predicted octanol–water partition coefficient (Wildman–Crippen LogP) is 3.65. The van der Waals surface area contributed by atoms with E-state index in [2.05, 4.69) is 58.1 Å². The van der Waals surface area contributed by atoms with Crippen molar-refractivity contribution in [2.45, 2.75) is 32.4 Å². The van der Waals surface area contributed by atoms with Gasteiger partial charge >= 0.3 is 11.9 Å². The van der Waals surface area contributed by atoms with Crippen molar-refractivity contribution >= 4 is 22.8 Å². The summed E-state index contributed by atoms with van der Waals surface area (Å²) < 4.78 is 13.3. The molecule has 2 aromatic carbocycles. The number of fused-ring (bicyclic) bond motifs is 2. The van der Waals surface area contributed by atoms with E-state index < -0.39 is 11.9 Å². The van der Waals surface area contributed by atoms with Crippen LogP contribution in [0.25, 0.3) is 10.9 Å². The second kappa shape index (κ2) is 11.4. The molecule has 0 radical (unpaired) electrons. The van der Waals surface area contributed by atoms with Crippen molar-refractivity contribution in [1.29, 1.82) is 0 Å². The number of benzene rings is 2. The minimum atomic E-state index is -1.82. The number of ether oxygens (including phenoxy) is 2. The molecule has 4 rings (SSSR count). The van der Waals surface area contributed by atoms with Gasteiger partial charge in [0.25, 0.3) is 0 Å². The summed E-state index contributed by atoms with van der Waals surface area (Å²) in [5.74, 6) is -1.98. The van der Waals surface area contributed by atoms with Gasteiger partial charge in [0.15, 0.2) is 11.5 Å². The Morgan fingerprint density at radius 3 is 2.21 bits per heavy atom. The molecule has 2 N–H and O–H groups in total. The third-order valence-electron chi connectivity index (χ3n) is 5.78. The van der Waals surface area contributed by atoms with Gasteiger partial charge in [-0.25, -0.2) is 9.59 Å². The third-order valence-corrected chi connectivity index (χ3v) is 5.78. The number of aliphatic carboxylic acids is 2. The predicted molar refractivity (Wildman–Crippen MR) is 125 cm³/mol. The van der Waals surface area contributed by atoms with Gasteiger partial charge in [-0.05, 0) is 66.6 Å². The molecule has 8 heteroatoms. The van der Waals surface area contributed by atoms with Crippen LogP contribution in [0.3, 0.4) is 0 Å². The number of hydrogen-bond donors (Lipinski definition) is 2. The van der Waals surface area contributed by atoms with Crippen LogP contribution >= 0.6 is 0 Å². The van der Waals surface area contributed by atoms with Crippen molar-refractivity contribution in [3.63, 3.8) is 0 Å². The summed E-state index contributed by atoms with van der Waals surface area (Å²) in [4.78, 5) is 20.8. The molecule has 0 amide bonds. The molecule has 176 valence electrons. The van der Waals surface area contributed by atoms with Gasteiger partial charge in [-0.3, -0.25) is 4.90 Å². The molecule has 1 aliphatic rings. The van der Waals surface area contributed by atoms with Crippen LogP contribution in [0, 0.1) is 0 Å². The van der Waals surface area contributed by atoms with Gasteiger partial charge < -0.3 is 24.3 Å². The van der Waals surface area contributed by atoms with Crippen LogP contribution in [0.2, 0.25) is 0 Å². The fraction of sp³-hybridized carbons (Fsp3) is 0.360. The zero-order chi connectivity index (χ0) is 23.8. The zero-order valence-electron chi connectivity index (χ0n) is 19.0. The monoisotopic (exact) mass is 454 g/mol. The summed E-state index contributed by atoms with van der Waals surface area (Å²) in [5.41, 5.74) is 4.10.